The molecule has 1 unspecified atom stereocenters. The Bertz CT molecular complexity index is 575. The molecule has 0 aliphatic rings. The van der Waals surface area contributed by atoms with Gasteiger partial charge in [0.25, 0.3) is 0 Å². The van der Waals surface area contributed by atoms with E-state index in [1.165, 1.54) is 6.07 Å². The van der Waals surface area contributed by atoms with Gasteiger partial charge in [0.05, 0.1) is 0 Å². The van der Waals surface area contributed by atoms with Gasteiger partial charge in [-0.25, -0.2) is 4.39 Å². The molecule has 1 N–H and O–H groups in total. The van der Waals surface area contributed by atoms with Gasteiger partial charge in [0.15, 0.2) is 0 Å². The lowest BCUT2D eigenvalue weighted by atomic mass is 9.96. The summed E-state index contributed by atoms with van der Waals surface area (Å²) in [5, 5.41) is 4.61. The monoisotopic (exact) mass is 325 g/mol. The molecule has 0 radical (unpaired) electrons. The SMILES string of the molecule is CNC(Cc1ccc(F)cc1C)Cc1ccc(Cl)cc1Cl. The molecular weight excluding hydrogens is 308 g/mol. The third-order valence-corrected chi connectivity index (χ3v) is 4.25. The molecule has 2 rings (SSSR count). The Hall–Kier alpha value is -1.09. The van der Waals surface area contributed by atoms with Crippen molar-refractivity contribution in [3.8, 4) is 0 Å². The zero-order valence-corrected chi connectivity index (χ0v) is 13.6. The topological polar surface area (TPSA) is 12.0 Å². The van der Waals surface area contributed by atoms with Crippen molar-refractivity contribution in [3.05, 3.63) is 69.0 Å². The number of aryl methyl sites for hydroxylation is 1. The van der Waals surface area contributed by atoms with Crippen LogP contribution in [0.5, 0.6) is 0 Å². The van der Waals surface area contributed by atoms with Crippen LogP contribution in [0.3, 0.4) is 0 Å². The first kappa shape index (κ1) is 16.3. The highest BCUT2D eigenvalue weighted by Gasteiger charge is 2.12. The van der Waals surface area contributed by atoms with Gasteiger partial charge in [-0.05, 0) is 67.8 Å². The van der Waals surface area contributed by atoms with Crippen molar-refractivity contribution < 1.29 is 4.39 Å². The summed E-state index contributed by atoms with van der Waals surface area (Å²) in [6, 6.07) is 10.7. The fourth-order valence-electron chi connectivity index (χ4n) is 2.38. The molecule has 112 valence electrons. The van der Waals surface area contributed by atoms with Crippen molar-refractivity contribution in [2.45, 2.75) is 25.8 Å². The number of benzene rings is 2. The van der Waals surface area contributed by atoms with Crippen molar-refractivity contribution >= 4 is 23.2 Å². The third kappa shape index (κ3) is 4.44. The predicted octanol–water partition coefficient (Wildman–Crippen LogP) is 4.81. The minimum Gasteiger partial charge on any atom is -0.316 e. The Morgan fingerprint density at radius 1 is 1.05 bits per heavy atom. The van der Waals surface area contributed by atoms with E-state index in [0.717, 1.165) is 29.5 Å². The largest absolute Gasteiger partial charge is 0.316 e. The molecule has 1 atom stereocenters. The molecule has 0 aliphatic heterocycles. The van der Waals surface area contributed by atoms with Crippen LogP contribution in [-0.2, 0) is 12.8 Å². The fourth-order valence-corrected chi connectivity index (χ4v) is 2.87. The Kier molecular flexibility index (Phi) is 5.63. The van der Waals surface area contributed by atoms with E-state index in [2.05, 4.69) is 5.32 Å². The Morgan fingerprint density at radius 3 is 2.33 bits per heavy atom. The van der Waals surface area contributed by atoms with Gasteiger partial charge < -0.3 is 5.32 Å². The normalized spacial score (nSPS) is 12.4. The summed E-state index contributed by atoms with van der Waals surface area (Å²) >= 11 is 12.1. The quantitative estimate of drug-likeness (QED) is 0.831. The predicted molar refractivity (Wildman–Crippen MR) is 87.9 cm³/mol. The van der Waals surface area contributed by atoms with Crippen molar-refractivity contribution in [1.29, 1.82) is 0 Å². The molecule has 1 nitrogen and oxygen atoms in total. The van der Waals surface area contributed by atoms with Gasteiger partial charge in [-0.1, -0.05) is 35.3 Å². The van der Waals surface area contributed by atoms with Crippen LogP contribution in [0.2, 0.25) is 10.0 Å². The summed E-state index contributed by atoms with van der Waals surface area (Å²) in [6.07, 6.45) is 1.62. The average Bonchev–Trinajstić information content (AvgIpc) is 2.43. The van der Waals surface area contributed by atoms with Crippen LogP contribution < -0.4 is 5.32 Å². The third-order valence-electron chi connectivity index (χ3n) is 3.66. The second-order valence-corrected chi connectivity index (χ2v) is 6.04. The second kappa shape index (κ2) is 7.26. The van der Waals surface area contributed by atoms with Gasteiger partial charge in [-0.3, -0.25) is 0 Å². The second-order valence-electron chi connectivity index (χ2n) is 5.20. The van der Waals surface area contributed by atoms with E-state index in [9.17, 15) is 4.39 Å². The molecule has 21 heavy (non-hydrogen) atoms. The van der Waals surface area contributed by atoms with E-state index >= 15 is 0 Å². The highest BCUT2D eigenvalue weighted by atomic mass is 35.5. The van der Waals surface area contributed by atoms with Crippen LogP contribution >= 0.6 is 23.2 Å². The molecule has 0 saturated heterocycles. The van der Waals surface area contributed by atoms with Gasteiger partial charge in [0.2, 0.25) is 0 Å². The summed E-state index contributed by atoms with van der Waals surface area (Å²) < 4.78 is 13.2. The number of hydrogen-bond acceptors (Lipinski definition) is 1. The lowest BCUT2D eigenvalue weighted by molar-refractivity contribution is 0.554. The number of likely N-dealkylation sites (N-methyl/N-ethyl adjacent to an activating group) is 1. The van der Waals surface area contributed by atoms with E-state index < -0.39 is 0 Å². The fraction of sp³-hybridized carbons (Fsp3) is 0.294. The van der Waals surface area contributed by atoms with Gasteiger partial charge in [0.1, 0.15) is 5.82 Å². The first-order chi connectivity index (χ1) is 9.99. The Morgan fingerprint density at radius 2 is 1.71 bits per heavy atom. The van der Waals surface area contributed by atoms with E-state index in [0.29, 0.717) is 10.0 Å². The number of rotatable bonds is 5. The smallest absolute Gasteiger partial charge is 0.123 e. The summed E-state index contributed by atoms with van der Waals surface area (Å²) in [5.41, 5.74) is 3.17. The standard InChI is InChI=1S/C17H18Cl2FN/c1-11-7-15(20)6-4-12(11)8-16(21-2)9-13-3-5-14(18)10-17(13)19/h3-7,10,16,21H,8-9H2,1-2H3. The highest BCUT2D eigenvalue weighted by Crippen LogP contribution is 2.23. The number of halogens is 3. The zero-order valence-electron chi connectivity index (χ0n) is 12.1. The average molecular weight is 326 g/mol. The van der Waals surface area contributed by atoms with Gasteiger partial charge in [-0.2, -0.15) is 0 Å². The van der Waals surface area contributed by atoms with Crippen LogP contribution in [-0.4, -0.2) is 13.1 Å². The van der Waals surface area contributed by atoms with Gasteiger partial charge >= 0.3 is 0 Å². The molecule has 0 heterocycles. The molecule has 0 aromatic heterocycles. The maximum absolute atomic E-state index is 13.2. The minimum absolute atomic E-state index is 0.196. The van der Waals surface area contributed by atoms with Crippen LogP contribution in [0.25, 0.3) is 0 Å². The molecule has 0 spiro atoms. The molecule has 0 saturated carbocycles. The molecule has 2 aromatic rings. The first-order valence-corrected chi connectivity index (χ1v) is 7.61. The molecule has 4 heteroatoms. The van der Waals surface area contributed by atoms with Crippen molar-refractivity contribution in [1.82, 2.24) is 5.32 Å². The van der Waals surface area contributed by atoms with E-state index in [1.807, 2.05) is 32.2 Å². The van der Waals surface area contributed by atoms with Crippen LogP contribution in [0, 0.1) is 12.7 Å². The maximum atomic E-state index is 13.2. The van der Waals surface area contributed by atoms with Crippen LogP contribution in [0.4, 0.5) is 4.39 Å². The van der Waals surface area contributed by atoms with Crippen molar-refractivity contribution in [3.63, 3.8) is 0 Å². The van der Waals surface area contributed by atoms with E-state index in [-0.39, 0.29) is 11.9 Å². The molecule has 2 aromatic carbocycles. The van der Waals surface area contributed by atoms with Crippen LogP contribution in [0.1, 0.15) is 16.7 Å². The molecule has 0 bridgehead atoms. The first-order valence-electron chi connectivity index (χ1n) is 6.86. The molecule has 0 amide bonds. The number of hydrogen-bond donors (Lipinski definition) is 1. The number of nitrogens with one attached hydrogen (secondary N) is 1. The Balaban J connectivity index is 2.13. The summed E-state index contributed by atoms with van der Waals surface area (Å²) in [6.45, 7) is 1.93. The van der Waals surface area contributed by atoms with Crippen molar-refractivity contribution in [2.24, 2.45) is 0 Å². The lowest BCUT2D eigenvalue weighted by Gasteiger charge is -2.18. The molecular formula is C17H18Cl2FN. The van der Waals surface area contributed by atoms with Crippen LogP contribution in [0.15, 0.2) is 36.4 Å². The van der Waals surface area contributed by atoms with Gasteiger partial charge in [0, 0.05) is 16.1 Å². The lowest BCUT2D eigenvalue weighted by Crippen LogP contribution is -2.30. The molecule has 0 fully saturated rings. The summed E-state index contributed by atoms with van der Waals surface area (Å²) in [7, 11) is 1.92. The van der Waals surface area contributed by atoms with Crippen molar-refractivity contribution in [2.75, 3.05) is 7.05 Å². The van der Waals surface area contributed by atoms with E-state index in [4.69, 9.17) is 23.2 Å². The maximum Gasteiger partial charge on any atom is 0.123 e. The Labute approximate surface area is 135 Å². The van der Waals surface area contributed by atoms with Gasteiger partial charge in [-0.15, -0.1) is 0 Å². The highest BCUT2D eigenvalue weighted by molar-refractivity contribution is 6.35. The van der Waals surface area contributed by atoms with E-state index in [1.54, 1.807) is 12.1 Å². The summed E-state index contributed by atoms with van der Waals surface area (Å²) in [4.78, 5) is 0. The summed E-state index contributed by atoms with van der Waals surface area (Å²) in [5.74, 6) is -0.196. The minimum atomic E-state index is -0.196. The molecule has 0 aliphatic carbocycles. The zero-order chi connectivity index (χ0) is 15.4.